The van der Waals surface area contributed by atoms with Crippen molar-refractivity contribution in [1.82, 2.24) is 0 Å². The van der Waals surface area contributed by atoms with Crippen LogP contribution in [0.4, 0.5) is 0 Å². The molecule has 2 aromatic carbocycles. The van der Waals surface area contributed by atoms with E-state index in [0.717, 1.165) is 0 Å². The van der Waals surface area contributed by atoms with Crippen molar-refractivity contribution in [3.05, 3.63) is 59.7 Å². The van der Waals surface area contributed by atoms with Gasteiger partial charge in [-0.2, -0.15) is 8.42 Å². The van der Waals surface area contributed by atoms with Crippen molar-refractivity contribution in [1.29, 1.82) is 0 Å². The summed E-state index contributed by atoms with van der Waals surface area (Å²) in [6, 6.07) is 12.5. The standard InChI is InChI=1S/C19H21NO6.CH4O3S/c20-19(18(24)25,12-13-7-8-15(21)16(22)11-13)9-4-10-26-17(23)14-5-2-1-3-6-14;1-5(2,3)4/h1-3,5-8,11,21-22H,4,9-10,12,20H2,(H,24,25);1H3,(H,2,3,4). The average molecular weight is 455 g/mol. The largest absolute Gasteiger partial charge is 0.504 e. The molecule has 6 N–H and O–H groups in total. The number of hydrogen-bond donors (Lipinski definition) is 5. The summed E-state index contributed by atoms with van der Waals surface area (Å²) >= 11 is 0. The molecule has 0 saturated heterocycles. The van der Waals surface area contributed by atoms with E-state index >= 15 is 0 Å². The summed E-state index contributed by atoms with van der Waals surface area (Å²) < 4.78 is 31.0. The molecule has 0 radical (unpaired) electrons. The lowest BCUT2D eigenvalue weighted by Crippen LogP contribution is -2.50. The molecule has 1 unspecified atom stereocenters. The molecule has 1 atom stereocenters. The Morgan fingerprint density at radius 1 is 1.06 bits per heavy atom. The molecule has 0 saturated carbocycles. The minimum absolute atomic E-state index is 0.0389. The van der Waals surface area contributed by atoms with Crippen molar-refractivity contribution >= 4 is 22.1 Å². The molecule has 0 aliphatic rings. The number of carbonyl (C=O) groups is 2. The second-order valence-corrected chi connectivity index (χ2v) is 8.27. The van der Waals surface area contributed by atoms with E-state index in [0.29, 0.717) is 17.4 Å². The molecule has 0 spiro atoms. The normalized spacial score (nSPS) is 12.7. The van der Waals surface area contributed by atoms with E-state index in [1.165, 1.54) is 18.2 Å². The van der Waals surface area contributed by atoms with Crippen LogP contribution in [0.15, 0.2) is 48.5 Å². The van der Waals surface area contributed by atoms with Gasteiger partial charge in [-0.1, -0.05) is 24.3 Å². The van der Waals surface area contributed by atoms with Gasteiger partial charge in [-0.3, -0.25) is 9.35 Å². The predicted molar refractivity (Wildman–Crippen MR) is 111 cm³/mol. The molecular formula is C20H25NO9S. The number of ether oxygens (including phenoxy) is 1. The fourth-order valence-corrected chi connectivity index (χ4v) is 2.52. The number of aromatic hydroxyl groups is 2. The maximum Gasteiger partial charge on any atom is 0.338 e. The lowest BCUT2D eigenvalue weighted by Gasteiger charge is -2.25. The highest BCUT2D eigenvalue weighted by Gasteiger charge is 2.34. The van der Waals surface area contributed by atoms with Crippen LogP contribution in [0.25, 0.3) is 0 Å². The first-order valence-corrected chi connectivity index (χ1v) is 10.8. The first kappa shape index (κ1) is 25.9. The van der Waals surface area contributed by atoms with E-state index in [-0.39, 0.29) is 37.4 Å². The zero-order valence-electron chi connectivity index (χ0n) is 16.8. The van der Waals surface area contributed by atoms with Gasteiger partial charge >= 0.3 is 11.9 Å². The van der Waals surface area contributed by atoms with Gasteiger partial charge < -0.3 is 25.8 Å². The van der Waals surface area contributed by atoms with Crippen molar-refractivity contribution in [3.63, 3.8) is 0 Å². The van der Waals surface area contributed by atoms with Crippen LogP contribution >= 0.6 is 0 Å². The quantitative estimate of drug-likeness (QED) is 0.169. The number of esters is 1. The lowest BCUT2D eigenvalue weighted by molar-refractivity contribution is -0.143. The Balaban J connectivity index is 0.000000861. The molecule has 2 aromatic rings. The summed E-state index contributed by atoms with van der Waals surface area (Å²) in [7, 11) is -3.67. The number of nitrogens with two attached hydrogens (primary N) is 1. The molecule has 170 valence electrons. The SMILES string of the molecule is CS(=O)(=O)O.NC(CCCOC(=O)c1ccccc1)(Cc1ccc(O)c(O)c1)C(=O)O. The Labute approximate surface area is 179 Å². The Morgan fingerprint density at radius 2 is 1.65 bits per heavy atom. The van der Waals surface area contributed by atoms with Gasteiger partial charge in [-0.25, -0.2) is 4.79 Å². The van der Waals surface area contributed by atoms with Crippen LogP contribution < -0.4 is 5.73 Å². The third-order valence-electron chi connectivity index (χ3n) is 4.00. The van der Waals surface area contributed by atoms with Gasteiger partial charge in [0.15, 0.2) is 11.5 Å². The molecule has 0 fully saturated rings. The number of aliphatic carboxylic acids is 1. The fraction of sp³-hybridized carbons (Fsp3) is 0.300. The number of carboxylic acid groups (broad SMARTS) is 1. The third-order valence-corrected chi connectivity index (χ3v) is 4.00. The van der Waals surface area contributed by atoms with Gasteiger partial charge in [0.05, 0.1) is 18.4 Å². The van der Waals surface area contributed by atoms with Crippen LogP contribution in [0.3, 0.4) is 0 Å². The predicted octanol–water partition coefficient (Wildman–Crippen LogP) is 1.56. The summed E-state index contributed by atoms with van der Waals surface area (Å²) in [5.41, 5.74) is 5.32. The Bertz CT molecular complexity index is 985. The molecule has 0 amide bonds. The summed E-state index contributed by atoms with van der Waals surface area (Å²) in [6.07, 6.45) is 1.02. The van der Waals surface area contributed by atoms with Crippen molar-refractivity contribution < 1.29 is 42.6 Å². The highest BCUT2D eigenvalue weighted by molar-refractivity contribution is 7.85. The second-order valence-electron chi connectivity index (χ2n) is 6.80. The van der Waals surface area contributed by atoms with Gasteiger partial charge in [0.25, 0.3) is 10.1 Å². The molecule has 0 bridgehead atoms. The third kappa shape index (κ3) is 9.94. The van der Waals surface area contributed by atoms with Crippen LogP contribution in [-0.4, -0.2) is 58.6 Å². The lowest BCUT2D eigenvalue weighted by atomic mass is 9.87. The van der Waals surface area contributed by atoms with Crippen molar-refractivity contribution in [2.75, 3.05) is 12.9 Å². The summed E-state index contributed by atoms with van der Waals surface area (Å²) in [4.78, 5) is 23.4. The Morgan fingerprint density at radius 3 is 2.16 bits per heavy atom. The molecule has 0 aliphatic carbocycles. The number of carboxylic acids is 1. The van der Waals surface area contributed by atoms with Crippen LogP contribution in [0.5, 0.6) is 11.5 Å². The van der Waals surface area contributed by atoms with Gasteiger partial charge in [0.1, 0.15) is 5.54 Å². The topological polar surface area (TPSA) is 184 Å². The Kier molecular flexibility index (Phi) is 9.43. The van der Waals surface area contributed by atoms with E-state index in [9.17, 15) is 33.3 Å². The minimum atomic E-state index is -3.67. The highest BCUT2D eigenvalue weighted by Crippen LogP contribution is 2.27. The summed E-state index contributed by atoms with van der Waals surface area (Å²) in [5, 5.41) is 28.3. The van der Waals surface area contributed by atoms with Crippen molar-refractivity contribution in [2.24, 2.45) is 5.73 Å². The van der Waals surface area contributed by atoms with Gasteiger partial charge in [-0.15, -0.1) is 0 Å². The second kappa shape index (κ2) is 11.3. The maximum absolute atomic E-state index is 11.8. The summed E-state index contributed by atoms with van der Waals surface area (Å²) in [6.45, 7) is 0.0424. The number of phenolic OH excluding ortho intramolecular Hbond substituents is 2. The van der Waals surface area contributed by atoms with Crippen LogP contribution in [0, 0.1) is 0 Å². The van der Waals surface area contributed by atoms with Crippen LogP contribution in [-0.2, 0) is 26.1 Å². The number of phenols is 2. The smallest absolute Gasteiger partial charge is 0.338 e. The summed E-state index contributed by atoms with van der Waals surface area (Å²) in [5.74, 6) is -2.31. The molecule has 11 heteroatoms. The monoisotopic (exact) mass is 455 g/mol. The van der Waals surface area contributed by atoms with E-state index in [2.05, 4.69) is 0 Å². The highest BCUT2D eigenvalue weighted by atomic mass is 32.2. The number of carbonyl (C=O) groups excluding carboxylic acids is 1. The van der Waals surface area contributed by atoms with E-state index in [1.54, 1.807) is 30.3 Å². The molecule has 2 rings (SSSR count). The number of rotatable bonds is 8. The van der Waals surface area contributed by atoms with Crippen molar-refractivity contribution in [2.45, 2.75) is 24.8 Å². The average Bonchev–Trinajstić information content (AvgIpc) is 2.67. The zero-order valence-corrected chi connectivity index (χ0v) is 17.6. The van der Waals surface area contributed by atoms with Gasteiger partial charge in [-0.05, 0) is 42.7 Å². The van der Waals surface area contributed by atoms with Crippen LogP contribution in [0.2, 0.25) is 0 Å². The molecule has 0 heterocycles. The van der Waals surface area contributed by atoms with Crippen molar-refractivity contribution in [3.8, 4) is 11.5 Å². The van der Waals surface area contributed by atoms with E-state index < -0.39 is 27.6 Å². The maximum atomic E-state index is 11.8. The number of hydrogen-bond acceptors (Lipinski definition) is 8. The van der Waals surface area contributed by atoms with Gasteiger partial charge in [0.2, 0.25) is 0 Å². The molecule has 0 aliphatic heterocycles. The Hall–Kier alpha value is -3.15. The fourth-order valence-electron chi connectivity index (χ4n) is 2.52. The molecule has 0 aromatic heterocycles. The first-order chi connectivity index (χ1) is 14.3. The molecule has 10 nitrogen and oxygen atoms in total. The zero-order chi connectivity index (χ0) is 23.7. The molecule has 31 heavy (non-hydrogen) atoms. The molecular weight excluding hydrogens is 430 g/mol. The first-order valence-electron chi connectivity index (χ1n) is 8.99. The van der Waals surface area contributed by atoms with E-state index in [1.807, 2.05) is 0 Å². The van der Waals surface area contributed by atoms with Crippen LogP contribution in [0.1, 0.15) is 28.8 Å². The number of benzene rings is 2. The van der Waals surface area contributed by atoms with Gasteiger partial charge in [0, 0.05) is 6.42 Å². The minimum Gasteiger partial charge on any atom is -0.504 e. The van der Waals surface area contributed by atoms with E-state index in [4.69, 9.17) is 15.0 Å².